The summed E-state index contributed by atoms with van der Waals surface area (Å²) in [6.07, 6.45) is 3.36. The second-order valence-corrected chi connectivity index (χ2v) is 3.77. The van der Waals surface area contributed by atoms with Crippen molar-refractivity contribution >= 4 is 5.57 Å². The van der Waals surface area contributed by atoms with Gasteiger partial charge in [0.1, 0.15) is 17.7 Å². The lowest BCUT2D eigenvalue weighted by Gasteiger charge is -2.00. The molecule has 0 N–H and O–H groups in total. The molecule has 4 nitrogen and oxygen atoms in total. The van der Waals surface area contributed by atoms with E-state index in [0.29, 0.717) is 5.57 Å². The zero-order valence-electron chi connectivity index (χ0n) is 9.25. The van der Waals surface area contributed by atoms with Gasteiger partial charge >= 0.3 is 0 Å². The van der Waals surface area contributed by atoms with Gasteiger partial charge in [-0.1, -0.05) is 12.1 Å². The molecule has 0 atom stereocenters. The fraction of sp³-hybridized carbons (Fsp3) is 0. The number of rotatable bonds is 0. The first-order valence-electron chi connectivity index (χ1n) is 5.32. The monoisotopic (exact) mass is 230 g/mol. The van der Waals surface area contributed by atoms with Gasteiger partial charge in [0.2, 0.25) is 0 Å². The number of fused-ring (bicyclic) bond motifs is 3. The van der Waals surface area contributed by atoms with Crippen LogP contribution < -0.4 is 0 Å². The Balaban J connectivity index is 2.47. The Hall–Kier alpha value is -2.98. The van der Waals surface area contributed by atoms with Crippen LogP contribution in [-0.4, -0.2) is 9.97 Å². The summed E-state index contributed by atoms with van der Waals surface area (Å²) in [7, 11) is 0. The minimum atomic E-state index is 0.0935. The first kappa shape index (κ1) is 10.2. The van der Waals surface area contributed by atoms with E-state index in [1.165, 1.54) is 0 Å². The molecule has 0 aromatic carbocycles. The Morgan fingerprint density at radius 1 is 0.889 bits per heavy atom. The number of aromatic nitrogens is 2. The number of nitriles is 2. The number of nitrogens with zero attached hydrogens (tertiary/aromatic N) is 4. The van der Waals surface area contributed by atoms with Crippen LogP contribution in [-0.2, 0) is 0 Å². The van der Waals surface area contributed by atoms with Gasteiger partial charge in [-0.3, -0.25) is 9.97 Å². The summed E-state index contributed by atoms with van der Waals surface area (Å²) in [4.78, 5) is 8.57. The van der Waals surface area contributed by atoms with Crippen molar-refractivity contribution < 1.29 is 0 Å². The SMILES string of the molecule is N#CC(C#N)=C1c2cccnc2-c2ncccc21. The Bertz CT molecular complexity index is 696. The molecule has 2 heterocycles. The van der Waals surface area contributed by atoms with Gasteiger partial charge in [0.05, 0.1) is 11.4 Å². The zero-order valence-corrected chi connectivity index (χ0v) is 9.25. The van der Waals surface area contributed by atoms with Gasteiger partial charge in [0, 0.05) is 29.1 Å². The predicted octanol–water partition coefficient (Wildman–Crippen LogP) is 2.31. The van der Waals surface area contributed by atoms with Crippen LogP contribution in [0.2, 0.25) is 0 Å². The van der Waals surface area contributed by atoms with Crippen molar-refractivity contribution in [1.82, 2.24) is 9.97 Å². The summed E-state index contributed by atoms with van der Waals surface area (Å²) in [6, 6.07) is 11.2. The van der Waals surface area contributed by atoms with Crippen molar-refractivity contribution in [1.29, 1.82) is 10.5 Å². The maximum atomic E-state index is 9.07. The molecule has 0 amide bonds. The van der Waals surface area contributed by atoms with E-state index >= 15 is 0 Å². The lowest BCUT2D eigenvalue weighted by Crippen LogP contribution is -1.87. The molecule has 18 heavy (non-hydrogen) atoms. The maximum absolute atomic E-state index is 9.07. The molecule has 2 aromatic heterocycles. The van der Waals surface area contributed by atoms with Gasteiger partial charge in [-0.25, -0.2) is 0 Å². The van der Waals surface area contributed by atoms with Crippen LogP contribution >= 0.6 is 0 Å². The van der Waals surface area contributed by atoms with Crippen molar-refractivity contribution in [3.05, 3.63) is 53.4 Å². The zero-order chi connectivity index (χ0) is 12.5. The van der Waals surface area contributed by atoms with Gasteiger partial charge in [0.25, 0.3) is 0 Å². The molecule has 82 valence electrons. The third kappa shape index (κ3) is 1.24. The quantitative estimate of drug-likeness (QED) is 0.555. The van der Waals surface area contributed by atoms with Gasteiger partial charge in [0.15, 0.2) is 0 Å². The molecular formula is C14H6N4. The molecule has 0 bridgehead atoms. The molecular weight excluding hydrogens is 224 g/mol. The van der Waals surface area contributed by atoms with Crippen molar-refractivity contribution in [3.63, 3.8) is 0 Å². The highest BCUT2D eigenvalue weighted by atomic mass is 14.8. The van der Waals surface area contributed by atoms with Crippen LogP contribution in [0.15, 0.2) is 42.2 Å². The van der Waals surface area contributed by atoms with Gasteiger partial charge < -0.3 is 0 Å². The highest BCUT2D eigenvalue weighted by Gasteiger charge is 2.28. The van der Waals surface area contributed by atoms with E-state index < -0.39 is 0 Å². The van der Waals surface area contributed by atoms with E-state index in [1.807, 2.05) is 24.3 Å². The molecule has 1 aliphatic carbocycles. The van der Waals surface area contributed by atoms with Crippen LogP contribution in [0, 0.1) is 22.7 Å². The lowest BCUT2D eigenvalue weighted by molar-refractivity contribution is 1.26. The van der Waals surface area contributed by atoms with Crippen molar-refractivity contribution in [2.24, 2.45) is 0 Å². The van der Waals surface area contributed by atoms with Gasteiger partial charge in [-0.15, -0.1) is 0 Å². The summed E-state index contributed by atoms with van der Waals surface area (Å²) in [5, 5.41) is 18.1. The van der Waals surface area contributed by atoms with E-state index in [4.69, 9.17) is 10.5 Å². The Labute approximate surface area is 103 Å². The highest BCUT2D eigenvalue weighted by Crippen LogP contribution is 2.42. The van der Waals surface area contributed by atoms with E-state index in [-0.39, 0.29) is 5.57 Å². The van der Waals surface area contributed by atoms with E-state index in [1.54, 1.807) is 24.5 Å². The minimum absolute atomic E-state index is 0.0935. The van der Waals surface area contributed by atoms with E-state index in [9.17, 15) is 0 Å². The standard InChI is InChI=1S/C14H6N4/c15-7-9(8-16)12-10-3-1-5-17-13(10)14-11(12)4-2-6-18-14/h1-6H. The summed E-state index contributed by atoms with van der Waals surface area (Å²) < 4.78 is 0. The molecule has 0 unspecified atom stereocenters. The number of hydrogen-bond donors (Lipinski definition) is 0. The van der Waals surface area contributed by atoms with Crippen LogP contribution in [0.4, 0.5) is 0 Å². The molecule has 0 spiro atoms. The molecule has 0 aliphatic heterocycles. The Kier molecular flexibility index (Phi) is 2.15. The van der Waals surface area contributed by atoms with Gasteiger partial charge in [-0.05, 0) is 12.1 Å². The van der Waals surface area contributed by atoms with Crippen LogP contribution in [0.5, 0.6) is 0 Å². The van der Waals surface area contributed by atoms with Crippen molar-refractivity contribution in [3.8, 4) is 23.5 Å². The first-order valence-corrected chi connectivity index (χ1v) is 5.32. The Morgan fingerprint density at radius 3 is 1.83 bits per heavy atom. The van der Waals surface area contributed by atoms with E-state index in [2.05, 4.69) is 9.97 Å². The maximum Gasteiger partial charge on any atom is 0.138 e. The third-order valence-electron chi connectivity index (χ3n) is 2.85. The lowest BCUT2D eigenvalue weighted by atomic mass is 10.0. The molecule has 0 radical (unpaired) electrons. The highest BCUT2D eigenvalue weighted by molar-refractivity contribution is 6.01. The van der Waals surface area contributed by atoms with Crippen molar-refractivity contribution in [2.75, 3.05) is 0 Å². The largest absolute Gasteiger partial charge is 0.254 e. The third-order valence-corrected chi connectivity index (χ3v) is 2.85. The smallest absolute Gasteiger partial charge is 0.138 e. The second kappa shape index (κ2) is 3.80. The molecule has 3 rings (SSSR count). The fourth-order valence-corrected chi connectivity index (χ4v) is 2.14. The summed E-state index contributed by atoms with van der Waals surface area (Å²) in [5.41, 5.74) is 3.77. The second-order valence-electron chi connectivity index (χ2n) is 3.77. The van der Waals surface area contributed by atoms with Crippen molar-refractivity contribution in [2.45, 2.75) is 0 Å². The number of hydrogen-bond acceptors (Lipinski definition) is 4. The molecule has 1 aliphatic rings. The molecule has 0 saturated heterocycles. The first-order chi connectivity index (χ1) is 8.86. The molecule has 4 heteroatoms. The molecule has 0 fully saturated rings. The summed E-state index contributed by atoms with van der Waals surface area (Å²) in [6.45, 7) is 0. The summed E-state index contributed by atoms with van der Waals surface area (Å²) in [5.74, 6) is 0. The fourth-order valence-electron chi connectivity index (χ4n) is 2.14. The summed E-state index contributed by atoms with van der Waals surface area (Å²) >= 11 is 0. The Morgan fingerprint density at radius 2 is 1.39 bits per heavy atom. The average molecular weight is 230 g/mol. The predicted molar refractivity (Wildman–Crippen MR) is 64.7 cm³/mol. The average Bonchev–Trinajstić information content (AvgIpc) is 2.76. The minimum Gasteiger partial charge on any atom is -0.254 e. The van der Waals surface area contributed by atoms with Gasteiger partial charge in [-0.2, -0.15) is 10.5 Å². The number of allylic oxidation sites excluding steroid dienone is 1. The normalized spacial score (nSPS) is 11.1. The van der Waals surface area contributed by atoms with Crippen LogP contribution in [0.1, 0.15) is 11.1 Å². The van der Waals surface area contributed by atoms with Crippen LogP contribution in [0.25, 0.3) is 17.0 Å². The molecule has 2 aromatic rings. The molecule has 0 saturated carbocycles. The topological polar surface area (TPSA) is 73.4 Å². The van der Waals surface area contributed by atoms with E-state index in [0.717, 1.165) is 22.5 Å². The van der Waals surface area contributed by atoms with Crippen LogP contribution in [0.3, 0.4) is 0 Å². The number of pyridine rings is 2.